The summed E-state index contributed by atoms with van der Waals surface area (Å²) in [6.07, 6.45) is 16.1. The highest BCUT2D eigenvalue weighted by Crippen LogP contribution is 2.17. The first-order chi connectivity index (χ1) is 8.43. The van der Waals surface area contributed by atoms with E-state index in [4.69, 9.17) is 9.84 Å². The van der Waals surface area contributed by atoms with Crippen molar-refractivity contribution in [3.63, 3.8) is 0 Å². The van der Waals surface area contributed by atoms with Gasteiger partial charge >= 0.3 is 0 Å². The van der Waals surface area contributed by atoms with Crippen LogP contribution in [-0.2, 0) is 4.74 Å². The zero-order valence-electron chi connectivity index (χ0n) is 11.1. The summed E-state index contributed by atoms with van der Waals surface area (Å²) in [6.45, 7) is 0.898. The normalized spacial score (nSPS) is 23.0. The van der Waals surface area contributed by atoms with Crippen LogP contribution in [0, 0.1) is 0 Å². The van der Waals surface area contributed by atoms with E-state index < -0.39 is 0 Å². The smallest absolute Gasteiger partial charge is 0.0919 e. The predicted octanol–water partition coefficient (Wildman–Crippen LogP) is 4.18. The van der Waals surface area contributed by atoms with E-state index in [1.54, 1.807) is 0 Å². The Bertz CT molecular complexity index is 199. The van der Waals surface area contributed by atoms with Crippen molar-refractivity contribution in [1.82, 2.24) is 0 Å². The fraction of sp³-hybridized carbons (Fsp3) is 0.867. The molecule has 0 atom stereocenters. The molecule has 1 aliphatic carbocycles. The minimum absolute atomic E-state index is 0.229. The molecule has 0 aliphatic heterocycles. The summed E-state index contributed by atoms with van der Waals surface area (Å²) in [7, 11) is 0. The summed E-state index contributed by atoms with van der Waals surface area (Å²) in [5, 5.41) is 8.75. The van der Waals surface area contributed by atoms with Crippen molar-refractivity contribution in [2.24, 2.45) is 0 Å². The molecule has 2 heteroatoms. The summed E-state index contributed by atoms with van der Waals surface area (Å²) in [4.78, 5) is 0. The van der Waals surface area contributed by atoms with Crippen molar-refractivity contribution in [2.45, 2.75) is 70.6 Å². The number of rotatable bonds is 4. The lowest BCUT2D eigenvalue weighted by Gasteiger charge is -2.11. The molecule has 0 unspecified atom stereocenters. The van der Waals surface area contributed by atoms with Crippen molar-refractivity contribution in [2.75, 3.05) is 13.2 Å². The molecule has 0 aromatic heterocycles. The molecule has 0 heterocycles. The van der Waals surface area contributed by atoms with E-state index in [2.05, 4.69) is 6.08 Å². The third-order valence-corrected chi connectivity index (χ3v) is 3.34. The van der Waals surface area contributed by atoms with E-state index in [9.17, 15) is 0 Å². The summed E-state index contributed by atoms with van der Waals surface area (Å²) < 4.78 is 5.73. The molecular formula is C15H28O2. The van der Waals surface area contributed by atoms with Gasteiger partial charge in [-0.05, 0) is 25.3 Å². The Balaban J connectivity index is 2.28. The number of ether oxygens (including phenoxy) is 1. The van der Waals surface area contributed by atoms with Gasteiger partial charge in [-0.25, -0.2) is 0 Å². The van der Waals surface area contributed by atoms with Crippen LogP contribution < -0.4 is 0 Å². The zero-order valence-corrected chi connectivity index (χ0v) is 11.1. The minimum atomic E-state index is 0.229. The lowest BCUT2D eigenvalue weighted by Crippen LogP contribution is -1.98. The van der Waals surface area contributed by atoms with Crippen LogP contribution in [0.4, 0.5) is 0 Å². The first-order valence-corrected chi connectivity index (χ1v) is 7.36. The molecule has 0 amide bonds. The van der Waals surface area contributed by atoms with Crippen LogP contribution in [-0.4, -0.2) is 18.3 Å². The van der Waals surface area contributed by atoms with E-state index in [-0.39, 0.29) is 6.61 Å². The van der Waals surface area contributed by atoms with Gasteiger partial charge in [-0.15, -0.1) is 0 Å². The van der Waals surface area contributed by atoms with Gasteiger partial charge in [0.15, 0.2) is 0 Å². The van der Waals surface area contributed by atoms with Crippen LogP contribution >= 0.6 is 0 Å². The van der Waals surface area contributed by atoms with Crippen LogP contribution in [0.25, 0.3) is 0 Å². The molecule has 1 aliphatic rings. The molecule has 0 bridgehead atoms. The molecule has 0 saturated carbocycles. The first kappa shape index (κ1) is 14.6. The van der Waals surface area contributed by atoms with Crippen LogP contribution in [0.15, 0.2) is 11.8 Å². The Hall–Kier alpha value is -0.500. The van der Waals surface area contributed by atoms with Gasteiger partial charge in [0, 0.05) is 19.4 Å². The van der Waals surface area contributed by atoms with Crippen molar-refractivity contribution < 1.29 is 9.84 Å². The fourth-order valence-corrected chi connectivity index (χ4v) is 2.27. The number of aliphatic hydroxyl groups excluding tert-OH is 1. The second kappa shape index (κ2) is 10.6. The topological polar surface area (TPSA) is 29.5 Å². The third kappa shape index (κ3) is 8.25. The average molecular weight is 240 g/mol. The van der Waals surface area contributed by atoms with Crippen molar-refractivity contribution in [3.05, 3.63) is 11.8 Å². The maximum atomic E-state index is 8.75. The Kier molecular flexibility index (Phi) is 9.11. The fourth-order valence-electron chi connectivity index (χ4n) is 2.27. The predicted molar refractivity (Wildman–Crippen MR) is 71.9 cm³/mol. The number of hydrogen-bond acceptors (Lipinski definition) is 2. The highest BCUT2D eigenvalue weighted by Gasteiger charge is 2.01. The van der Waals surface area contributed by atoms with Crippen LogP contribution in [0.5, 0.6) is 0 Å². The van der Waals surface area contributed by atoms with Gasteiger partial charge in [-0.2, -0.15) is 0 Å². The highest BCUT2D eigenvalue weighted by atomic mass is 16.5. The van der Waals surface area contributed by atoms with E-state index in [1.807, 2.05) is 0 Å². The van der Waals surface area contributed by atoms with Gasteiger partial charge in [-0.3, -0.25) is 0 Å². The molecule has 0 spiro atoms. The number of hydrogen-bond donors (Lipinski definition) is 1. The highest BCUT2D eigenvalue weighted by molar-refractivity contribution is 4.93. The second-order valence-electron chi connectivity index (χ2n) is 4.96. The van der Waals surface area contributed by atoms with Gasteiger partial charge < -0.3 is 9.84 Å². The van der Waals surface area contributed by atoms with Crippen LogP contribution in [0.1, 0.15) is 70.6 Å². The Morgan fingerprint density at radius 1 is 0.941 bits per heavy atom. The molecular weight excluding hydrogens is 212 g/mol. The van der Waals surface area contributed by atoms with Crippen molar-refractivity contribution >= 4 is 0 Å². The summed E-state index contributed by atoms with van der Waals surface area (Å²) in [5.74, 6) is 1.17. The summed E-state index contributed by atoms with van der Waals surface area (Å²) >= 11 is 0. The Labute approximate surface area is 106 Å². The summed E-state index contributed by atoms with van der Waals surface area (Å²) in [6, 6.07) is 0. The molecule has 2 nitrogen and oxygen atoms in total. The van der Waals surface area contributed by atoms with Gasteiger partial charge in [0.2, 0.25) is 0 Å². The quantitative estimate of drug-likeness (QED) is 0.747. The van der Waals surface area contributed by atoms with Crippen LogP contribution in [0.3, 0.4) is 0 Å². The summed E-state index contributed by atoms with van der Waals surface area (Å²) in [5.41, 5.74) is 0. The van der Waals surface area contributed by atoms with E-state index in [0.29, 0.717) is 6.61 Å². The minimum Gasteiger partial charge on any atom is -0.498 e. The Morgan fingerprint density at radius 2 is 1.59 bits per heavy atom. The Morgan fingerprint density at radius 3 is 2.29 bits per heavy atom. The van der Waals surface area contributed by atoms with Gasteiger partial charge in [0.05, 0.1) is 12.4 Å². The third-order valence-electron chi connectivity index (χ3n) is 3.34. The lowest BCUT2D eigenvalue weighted by atomic mass is 10.0. The molecule has 1 N–H and O–H groups in total. The molecule has 100 valence electrons. The molecule has 0 aromatic rings. The van der Waals surface area contributed by atoms with Gasteiger partial charge in [0.25, 0.3) is 0 Å². The number of allylic oxidation sites excluding steroid dienone is 2. The average Bonchev–Trinajstić information content (AvgIpc) is 2.32. The van der Waals surface area contributed by atoms with E-state index in [0.717, 1.165) is 19.3 Å². The zero-order chi connectivity index (χ0) is 12.2. The first-order valence-electron chi connectivity index (χ1n) is 7.36. The van der Waals surface area contributed by atoms with Crippen molar-refractivity contribution in [1.29, 1.82) is 0 Å². The number of aliphatic hydroxyl groups is 1. The molecule has 17 heavy (non-hydrogen) atoms. The molecule has 0 radical (unpaired) electrons. The SMILES string of the molecule is OCCCO/C1=C/CCCCCCCCCC1. The van der Waals surface area contributed by atoms with Crippen LogP contribution in [0.2, 0.25) is 0 Å². The second-order valence-corrected chi connectivity index (χ2v) is 4.96. The molecule has 0 fully saturated rings. The monoisotopic (exact) mass is 240 g/mol. The maximum absolute atomic E-state index is 8.75. The molecule has 0 saturated heterocycles. The lowest BCUT2D eigenvalue weighted by molar-refractivity contribution is 0.167. The maximum Gasteiger partial charge on any atom is 0.0919 e. The van der Waals surface area contributed by atoms with Crippen molar-refractivity contribution in [3.8, 4) is 0 Å². The standard InChI is InChI=1S/C15H28O2/c16-13-10-14-17-15-11-8-6-4-2-1-3-5-7-9-12-15/h11,16H,1-10,12-14H2/b15-11+. The molecule has 1 rings (SSSR count). The van der Waals surface area contributed by atoms with E-state index >= 15 is 0 Å². The molecule has 0 aromatic carbocycles. The van der Waals surface area contributed by atoms with E-state index in [1.165, 1.54) is 57.1 Å². The largest absolute Gasteiger partial charge is 0.498 e. The van der Waals surface area contributed by atoms with Gasteiger partial charge in [0.1, 0.15) is 0 Å². The van der Waals surface area contributed by atoms with Gasteiger partial charge in [-0.1, -0.05) is 38.5 Å².